The van der Waals surface area contributed by atoms with E-state index in [0.29, 0.717) is 30.2 Å². The van der Waals surface area contributed by atoms with Gasteiger partial charge in [0.25, 0.3) is 5.56 Å². The van der Waals surface area contributed by atoms with Gasteiger partial charge in [0.05, 0.1) is 12.1 Å². The zero-order valence-corrected chi connectivity index (χ0v) is 11.2. The smallest absolute Gasteiger partial charge is 0.250 e. The Bertz CT molecular complexity index is 677. The van der Waals surface area contributed by atoms with Crippen molar-refractivity contribution in [3.63, 3.8) is 0 Å². The number of pyridine rings is 1. The molecule has 20 heavy (non-hydrogen) atoms. The van der Waals surface area contributed by atoms with Gasteiger partial charge in [-0.1, -0.05) is 6.07 Å². The van der Waals surface area contributed by atoms with Crippen molar-refractivity contribution in [2.75, 3.05) is 12.3 Å². The molecule has 0 spiro atoms. The molecule has 0 saturated carbocycles. The molecule has 1 aromatic carbocycles. The Morgan fingerprint density at radius 2 is 2.10 bits per heavy atom. The first-order valence-electron chi connectivity index (χ1n) is 6.26. The van der Waals surface area contributed by atoms with Crippen molar-refractivity contribution in [2.24, 2.45) is 0 Å². The molecule has 2 rings (SSSR count). The Morgan fingerprint density at radius 3 is 2.80 bits per heavy atom. The van der Waals surface area contributed by atoms with Gasteiger partial charge < -0.3 is 15.0 Å². The van der Waals surface area contributed by atoms with Gasteiger partial charge in [-0.2, -0.15) is 0 Å². The minimum atomic E-state index is -0.107. The number of ketones is 1. The monoisotopic (exact) mass is 272 g/mol. The lowest BCUT2D eigenvalue weighted by molar-refractivity contribution is 0.101. The van der Waals surface area contributed by atoms with E-state index in [2.05, 4.69) is 0 Å². The van der Waals surface area contributed by atoms with E-state index >= 15 is 0 Å². The summed E-state index contributed by atoms with van der Waals surface area (Å²) in [5.74, 6) is 0.375. The van der Waals surface area contributed by atoms with Gasteiger partial charge in [-0.15, -0.1) is 0 Å². The topological polar surface area (TPSA) is 74.3 Å². The molecule has 2 aromatic rings. The molecule has 0 aliphatic carbocycles. The van der Waals surface area contributed by atoms with Crippen LogP contribution in [-0.4, -0.2) is 17.0 Å². The number of benzene rings is 1. The van der Waals surface area contributed by atoms with Crippen molar-refractivity contribution >= 4 is 11.5 Å². The maximum Gasteiger partial charge on any atom is 0.250 e. The number of carbonyl (C=O) groups is 1. The van der Waals surface area contributed by atoms with Crippen molar-refractivity contribution in [1.29, 1.82) is 0 Å². The molecule has 0 unspecified atom stereocenters. The Kier molecular flexibility index (Phi) is 4.20. The molecule has 5 heteroatoms. The SMILES string of the molecule is CC(=O)c1cc(N)ccc1OCCn1ccccc1=O. The Labute approximate surface area is 116 Å². The molecular weight excluding hydrogens is 256 g/mol. The number of carbonyl (C=O) groups excluding carboxylic acids is 1. The third kappa shape index (κ3) is 3.26. The number of nitrogens with two attached hydrogens (primary N) is 1. The van der Waals surface area contributed by atoms with Crippen LogP contribution in [-0.2, 0) is 6.54 Å². The second-order valence-electron chi connectivity index (χ2n) is 4.39. The highest BCUT2D eigenvalue weighted by atomic mass is 16.5. The Hall–Kier alpha value is -2.56. The fourth-order valence-electron chi connectivity index (χ4n) is 1.85. The molecule has 1 heterocycles. The molecule has 0 aliphatic rings. The van der Waals surface area contributed by atoms with Gasteiger partial charge >= 0.3 is 0 Å². The highest BCUT2D eigenvalue weighted by Gasteiger charge is 2.09. The van der Waals surface area contributed by atoms with E-state index in [4.69, 9.17) is 10.5 Å². The average Bonchev–Trinajstić information content (AvgIpc) is 2.42. The Morgan fingerprint density at radius 1 is 1.30 bits per heavy atom. The van der Waals surface area contributed by atoms with Crippen LogP contribution in [0.4, 0.5) is 5.69 Å². The van der Waals surface area contributed by atoms with Gasteiger partial charge in [-0.3, -0.25) is 9.59 Å². The predicted molar refractivity (Wildman–Crippen MR) is 77.1 cm³/mol. The van der Waals surface area contributed by atoms with Crippen molar-refractivity contribution in [3.05, 3.63) is 58.5 Å². The Balaban J connectivity index is 2.07. The zero-order valence-electron chi connectivity index (χ0n) is 11.2. The molecule has 0 bridgehead atoms. The van der Waals surface area contributed by atoms with E-state index in [1.165, 1.54) is 13.0 Å². The van der Waals surface area contributed by atoms with E-state index in [0.717, 1.165) is 0 Å². The second-order valence-corrected chi connectivity index (χ2v) is 4.39. The van der Waals surface area contributed by atoms with Crippen molar-refractivity contribution < 1.29 is 9.53 Å². The number of ether oxygens (including phenoxy) is 1. The summed E-state index contributed by atoms with van der Waals surface area (Å²) in [7, 11) is 0. The predicted octanol–water partition coefficient (Wildman–Crippen LogP) is 1.71. The highest BCUT2D eigenvalue weighted by Crippen LogP contribution is 2.21. The van der Waals surface area contributed by atoms with Crippen LogP contribution in [0.5, 0.6) is 5.75 Å². The molecule has 0 saturated heterocycles. The third-order valence-electron chi connectivity index (χ3n) is 2.87. The highest BCUT2D eigenvalue weighted by molar-refractivity contribution is 5.97. The quantitative estimate of drug-likeness (QED) is 0.664. The van der Waals surface area contributed by atoms with Crippen LogP contribution in [0, 0.1) is 0 Å². The van der Waals surface area contributed by atoms with Gasteiger partial charge in [0.15, 0.2) is 5.78 Å². The first-order valence-corrected chi connectivity index (χ1v) is 6.26. The summed E-state index contributed by atoms with van der Waals surface area (Å²) in [6.07, 6.45) is 1.69. The summed E-state index contributed by atoms with van der Waals surface area (Å²) < 4.78 is 7.12. The van der Waals surface area contributed by atoms with E-state index in [1.54, 1.807) is 41.1 Å². The molecule has 0 aliphatic heterocycles. The number of hydrogen-bond acceptors (Lipinski definition) is 4. The third-order valence-corrected chi connectivity index (χ3v) is 2.87. The number of nitrogen functional groups attached to an aromatic ring is 1. The van der Waals surface area contributed by atoms with Crippen LogP contribution >= 0.6 is 0 Å². The van der Waals surface area contributed by atoms with Crippen molar-refractivity contribution in [3.8, 4) is 5.75 Å². The average molecular weight is 272 g/mol. The summed E-state index contributed by atoms with van der Waals surface area (Å²) >= 11 is 0. The molecule has 2 N–H and O–H groups in total. The van der Waals surface area contributed by atoms with E-state index < -0.39 is 0 Å². The lowest BCUT2D eigenvalue weighted by Gasteiger charge is -2.11. The van der Waals surface area contributed by atoms with Crippen molar-refractivity contribution in [1.82, 2.24) is 4.57 Å². The number of nitrogens with zero attached hydrogens (tertiary/aromatic N) is 1. The normalized spacial score (nSPS) is 10.2. The summed E-state index contributed by atoms with van der Waals surface area (Å²) in [5, 5.41) is 0. The van der Waals surface area contributed by atoms with Crippen molar-refractivity contribution in [2.45, 2.75) is 13.5 Å². The van der Waals surface area contributed by atoms with Crippen LogP contribution in [0.15, 0.2) is 47.4 Å². The molecule has 1 aromatic heterocycles. The standard InChI is InChI=1S/C15H16N2O3/c1-11(18)13-10-12(16)5-6-14(13)20-9-8-17-7-3-2-4-15(17)19/h2-7,10H,8-9,16H2,1H3. The van der Waals surface area contributed by atoms with E-state index in [1.807, 2.05) is 0 Å². The first kappa shape index (κ1) is 13.9. The minimum absolute atomic E-state index is 0.0832. The van der Waals surface area contributed by atoms with Crippen LogP contribution in [0.3, 0.4) is 0 Å². The number of anilines is 1. The fraction of sp³-hybridized carbons (Fsp3) is 0.200. The molecular formula is C15H16N2O3. The number of rotatable bonds is 5. The van der Waals surface area contributed by atoms with E-state index in [9.17, 15) is 9.59 Å². The van der Waals surface area contributed by atoms with Crippen LogP contribution in [0.1, 0.15) is 17.3 Å². The fourth-order valence-corrected chi connectivity index (χ4v) is 1.85. The maximum atomic E-state index is 11.5. The molecule has 0 amide bonds. The maximum absolute atomic E-state index is 11.5. The molecule has 104 valence electrons. The number of hydrogen-bond donors (Lipinski definition) is 1. The lowest BCUT2D eigenvalue weighted by atomic mass is 10.1. The van der Waals surface area contributed by atoms with E-state index in [-0.39, 0.29) is 11.3 Å². The van der Waals surface area contributed by atoms with Crippen LogP contribution in [0.25, 0.3) is 0 Å². The lowest BCUT2D eigenvalue weighted by Crippen LogP contribution is -2.21. The van der Waals surface area contributed by atoms with Crippen LogP contribution in [0.2, 0.25) is 0 Å². The summed E-state index contributed by atoms with van der Waals surface area (Å²) in [6, 6.07) is 9.89. The summed E-state index contributed by atoms with van der Waals surface area (Å²) in [5.41, 5.74) is 6.53. The molecule has 0 radical (unpaired) electrons. The van der Waals surface area contributed by atoms with Gasteiger partial charge in [-0.05, 0) is 31.2 Å². The second kappa shape index (κ2) is 6.06. The summed E-state index contributed by atoms with van der Waals surface area (Å²) in [4.78, 5) is 23.0. The summed E-state index contributed by atoms with van der Waals surface area (Å²) in [6.45, 7) is 2.18. The molecule has 0 atom stereocenters. The first-order chi connectivity index (χ1) is 9.58. The molecule has 0 fully saturated rings. The minimum Gasteiger partial charge on any atom is -0.491 e. The van der Waals surface area contributed by atoms with Crippen LogP contribution < -0.4 is 16.0 Å². The van der Waals surface area contributed by atoms with Gasteiger partial charge in [0.1, 0.15) is 12.4 Å². The van der Waals surface area contributed by atoms with Gasteiger partial charge in [-0.25, -0.2) is 0 Å². The number of Topliss-reactive ketones (excluding diaryl/α,β-unsaturated/α-hetero) is 1. The number of aromatic nitrogens is 1. The molecule has 5 nitrogen and oxygen atoms in total. The van der Waals surface area contributed by atoms with Gasteiger partial charge in [0, 0.05) is 18.0 Å². The van der Waals surface area contributed by atoms with Gasteiger partial charge in [0.2, 0.25) is 0 Å². The zero-order chi connectivity index (χ0) is 14.5. The largest absolute Gasteiger partial charge is 0.491 e.